The summed E-state index contributed by atoms with van der Waals surface area (Å²) in [4.78, 5) is 14.5. The molecular formula is C17H26N2O2. The van der Waals surface area contributed by atoms with Crippen LogP contribution in [0.25, 0.3) is 0 Å². The molecule has 1 aromatic rings. The van der Waals surface area contributed by atoms with E-state index in [2.05, 4.69) is 36.2 Å². The number of carbonyl (C=O) groups excluding carboxylic acids is 1. The number of morpholine rings is 1. The molecule has 1 heterocycles. The summed E-state index contributed by atoms with van der Waals surface area (Å²) >= 11 is 0. The first-order valence-corrected chi connectivity index (χ1v) is 7.74. The Morgan fingerprint density at radius 3 is 2.71 bits per heavy atom. The first-order chi connectivity index (χ1) is 10.1. The fourth-order valence-corrected chi connectivity index (χ4v) is 2.75. The van der Waals surface area contributed by atoms with Gasteiger partial charge in [0, 0.05) is 13.1 Å². The number of nitrogens with zero attached hydrogens (tertiary/aromatic N) is 1. The zero-order valence-corrected chi connectivity index (χ0v) is 13.2. The number of amides is 1. The molecule has 1 aromatic carbocycles. The van der Waals surface area contributed by atoms with Crippen LogP contribution in [0.4, 0.5) is 0 Å². The van der Waals surface area contributed by atoms with Crippen LogP contribution in [0.5, 0.6) is 0 Å². The molecule has 1 fully saturated rings. The maximum Gasteiger partial charge on any atom is 0.234 e. The standard InChI is InChI=1S/C17H26N2O2/c1-13(2)17(15-7-5-4-6-8-15)18-16(20)12-19-9-10-21-14(3)11-19/h4-8,13-14,17H,9-12H2,1-3H3,(H,18,20). The first kappa shape index (κ1) is 16.0. The Bertz CT molecular complexity index is 447. The normalized spacial score (nSPS) is 21.2. The van der Waals surface area contributed by atoms with Crippen molar-refractivity contribution in [3.63, 3.8) is 0 Å². The van der Waals surface area contributed by atoms with E-state index in [-0.39, 0.29) is 18.1 Å². The maximum atomic E-state index is 12.3. The van der Waals surface area contributed by atoms with Crippen molar-refractivity contribution >= 4 is 5.91 Å². The molecule has 0 saturated carbocycles. The SMILES string of the molecule is CC1CN(CC(=O)NC(c2ccccc2)C(C)C)CCO1. The van der Waals surface area contributed by atoms with Gasteiger partial charge in [0.15, 0.2) is 0 Å². The van der Waals surface area contributed by atoms with Gasteiger partial charge in [-0.05, 0) is 18.4 Å². The highest BCUT2D eigenvalue weighted by Gasteiger charge is 2.22. The topological polar surface area (TPSA) is 41.6 Å². The molecule has 116 valence electrons. The highest BCUT2D eigenvalue weighted by atomic mass is 16.5. The summed E-state index contributed by atoms with van der Waals surface area (Å²) in [6.45, 7) is 9.12. The summed E-state index contributed by atoms with van der Waals surface area (Å²) in [7, 11) is 0. The summed E-state index contributed by atoms with van der Waals surface area (Å²) in [6, 6.07) is 10.2. The number of nitrogens with one attached hydrogen (secondary N) is 1. The van der Waals surface area contributed by atoms with Gasteiger partial charge in [0.05, 0.1) is 25.3 Å². The third-order valence-electron chi connectivity index (χ3n) is 3.83. The van der Waals surface area contributed by atoms with Crippen LogP contribution in [-0.2, 0) is 9.53 Å². The minimum atomic E-state index is 0.0668. The van der Waals surface area contributed by atoms with Crippen LogP contribution in [0.3, 0.4) is 0 Å². The average Bonchev–Trinajstić information content (AvgIpc) is 2.45. The zero-order chi connectivity index (χ0) is 15.2. The quantitative estimate of drug-likeness (QED) is 0.904. The van der Waals surface area contributed by atoms with Gasteiger partial charge >= 0.3 is 0 Å². The lowest BCUT2D eigenvalue weighted by atomic mass is 9.96. The molecule has 2 unspecified atom stereocenters. The molecule has 1 N–H and O–H groups in total. The largest absolute Gasteiger partial charge is 0.376 e. The van der Waals surface area contributed by atoms with Crippen molar-refractivity contribution in [2.24, 2.45) is 5.92 Å². The molecule has 21 heavy (non-hydrogen) atoms. The van der Waals surface area contributed by atoms with Gasteiger partial charge in [-0.15, -0.1) is 0 Å². The van der Waals surface area contributed by atoms with Crippen molar-refractivity contribution in [1.82, 2.24) is 10.2 Å². The molecular weight excluding hydrogens is 264 g/mol. The van der Waals surface area contributed by atoms with E-state index in [0.717, 1.165) is 18.7 Å². The van der Waals surface area contributed by atoms with Gasteiger partial charge in [0.1, 0.15) is 0 Å². The molecule has 2 rings (SSSR count). The van der Waals surface area contributed by atoms with Crippen molar-refractivity contribution in [2.45, 2.75) is 32.9 Å². The third kappa shape index (κ3) is 4.83. The van der Waals surface area contributed by atoms with E-state index in [4.69, 9.17) is 4.74 Å². The molecule has 1 aliphatic heterocycles. The van der Waals surface area contributed by atoms with E-state index >= 15 is 0 Å². The first-order valence-electron chi connectivity index (χ1n) is 7.74. The second-order valence-electron chi connectivity index (χ2n) is 6.12. The molecule has 0 spiro atoms. The maximum absolute atomic E-state index is 12.3. The Kier molecular flexibility index (Phi) is 5.76. The van der Waals surface area contributed by atoms with Crippen LogP contribution < -0.4 is 5.32 Å². The van der Waals surface area contributed by atoms with E-state index in [0.29, 0.717) is 19.1 Å². The monoisotopic (exact) mass is 290 g/mol. The summed E-state index contributed by atoms with van der Waals surface area (Å²) in [6.07, 6.45) is 0.210. The Hall–Kier alpha value is -1.39. The third-order valence-corrected chi connectivity index (χ3v) is 3.83. The number of hydrogen-bond donors (Lipinski definition) is 1. The van der Waals surface area contributed by atoms with E-state index in [9.17, 15) is 4.79 Å². The second kappa shape index (κ2) is 7.57. The van der Waals surface area contributed by atoms with Gasteiger partial charge in [-0.2, -0.15) is 0 Å². The fraction of sp³-hybridized carbons (Fsp3) is 0.588. The average molecular weight is 290 g/mol. The summed E-state index contributed by atoms with van der Waals surface area (Å²) in [5, 5.41) is 3.17. The number of hydrogen-bond acceptors (Lipinski definition) is 3. The van der Waals surface area contributed by atoms with Crippen LogP contribution >= 0.6 is 0 Å². The van der Waals surface area contributed by atoms with Crippen LogP contribution in [0.2, 0.25) is 0 Å². The van der Waals surface area contributed by atoms with Crippen molar-refractivity contribution < 1.29 is 9.53 Å². The van der Waals surface area contributed by atoms with Crippen molar-refractivity contribution in [3.8, 4) is 0 Å². The van der Waals surface area contributed by atoms with E-state index in [1.165, 1.54) is 0 Å². The summed E-state index contributed by atoms with van der Waals surface area (Å²) < 4.78 is 5.50. The van der Waals surface area contributed by atoms with Gasteiger partial charge in [-0.3, -0.25) is 9.69 Å². The van der Waals surface area contributed by atoms with Gasteiger partial charge < -0.3 is 10.1 Å². The van der Waals surface area contributed by atoms with Crippen LogP contribution in [0.1, 0.15) is 32.4 Å². The highest BCUT2D eigenvalue weighted by molar-refractivity contribution is 5.78. The molecule has 4 heteroatoms. The molecule has 0 bridgehead atoms. The molecule has 0 radical (unpaired) electrons. The molecule has 1 amide bonds. The lowest BCUT2D eigenvalue weighted by Gasteiger charge is -2.31. The number of ether oxygens (including phenoxy) is 1. The van der Waals surface area contributed by atoms with Crippen molar-refractivity contribution in [1.29, 1.82) is 0 Å². The van der Waals surface area contributed by atoms with E-state index in [1.807, 2.05) is 25.1 Å². The van der Waals surface area contributed by atoms with Gasteiger partial charge in [-0.25, -0.2) is 0 Å². The molecule has 1 saturated heterocycles. The predicted octanol–water partition coefficient (Wildman–Crippen LogP) is 2.22. The Labute approximate surface area is 127 Å². The van der Waals surface area contributed by atoms with Crippen LogP contribution in [0.15, 0.2) is 30.3 Å². The molecule has 0 aliphatic carbocycles. The number of rotatable bonds is 5. The van der Waals surface area contributed by atoms with Crippen molar-refractivity contribution in [2.75, 3.05) is 26.2 Å². The lowest BCUT2D eigenvalue weighted by molar-refractivity contribution is -0.125. The van der Waals surface area contributed by atoms with Crippen molar-refractivity contribution in [3.05, 3.63) is 35.9 Å². The Morgan fingerprint density at radius 2 is 2.10 bits per heavy atom. The highest BCUT2D eigenvalue weighted by Crippen LogP contribution is 2.21. The molecule has 0 aromatic heterocycles. The lowest BCUT2D eigenvalue weighted by Crippen LogP contribution is -2.47. The van der Waals surface area contributed by atoms with Gasteiger partial charge in [0.25, 0.3) is 0 Å². The molecule has 2 atom stereocenters. The number of benzene rings is 1. The van der Waals surface area contributed by atoms with E-state index < -0.39 is 0 Å². The zero-order valence-electron chi connectivity index (χ0n) is 13.2. The van der Waals surface area contributed by atoms with Crippen LogP contribution in [-0.4, -0.2) is 43.2 Å². The van der Waals surface area contributed by atoms with E-state index in [1.54, 1.807) is 0 Å². The van der Waals surface area contributed by atoms with Gasteiger partial charge in [0.2, 0.25) is 5.91 Å². The number of carbonyl (C=O) groups is 1. The molecule has 1 aliphatic rings. The fourth-order valence-electron chi connectivity index (χ4n) is 2.75. The van der Waals surface area contributed by atoms with Crippen LogP contribution in [0, 0.1) is 5.92 Å². The summed E-state index contributed by atoms with van der Waals surface area (Å²) in [5.74, 6) is 0.451. The minimum absolute atomic E-state index is 0.0668. The smallest absolute Gasteiger partial charge is 0.234 e. The Morgan fingerprint density at radius 1 is 1.38 bits per heavy atom. The second-order valence-corrected chi connectivity index (χ2v) is 6.12. The molecule has 4 nitrogen and oxygen atoms in total. The Balaban J connectivity index is 1.92. The van der Waals surface area contributed by atoms with Gasteiger partial charge in [-0.1, -0.05) is 44.2 Å². The minimum Gasteiger partial charge on any atom is -0.376 e. The predicted molar refractivity (Wildman–Crippen MR) is 84.0 cm³/mol. The summed E-state index contributed by atoms with van der Waals surface area (Å²) in [5.41, 5.74) is 1.16.